The fourth-order valence-corrected chi connectivity index (χ4v) is 12.9. The minimum atomic E-state index is -0.807. The molecule has 6 unspecified atom stereocenters. The summed E-state index contributed by atoms with van der Waals surface area (Å²) in [6, 6.07) is 15.0. The molecule has 0 radical (unpaired) electrons. The van der Waals surface area contributed by atoms with Crippen LogP contribution in [0.15, 0.2) is 54.6 Å². The molecule has 348 valence electrons. The summed E-state index contributed by atoms with van der Waals surface area (Å²) in [6.07, 6.45) is 14.9. The zero-order valence-electron chi connectivity index (χ0n) is 37.9. The Kier molecular flexibility index (Phi) is 11.4. The molecule has 8 aliphatic heterocycles. The number of nitrogens with zero attached hydrogens (tertiary/aromatic N) is 6. The van der Waals surface area contributed by atoms with Gasteiger partial charge in [-0.25, -0.2) is 0 Å². The van der Waals surface area contributed by atoms with Crippen molar-refractivity contribution in [1.29, 1.82) is 0 Å². The molecule has 16 heteroatoms. The lowest BCUT2D eigenvalue weighted by molar-refractivity contribution is -0.146. The fraction of sp³-hybridized carbons (Fsp3) is 0.633. The smallest absolute Gasteiger partial charge is 0.255 e. The van der Waals surface area contributed by atoms with Gasteiger partial charge in [0.25, 0.3) is 5.91 Å². The average Bonchev–Trinajstić information content (AvgIpc) is 3.96. The number of piperazine rings is 1. The van der Waals surface area contributed by atoms with Crippen LogP contribution in [-0.2, 0) is 20.9 Å². The number of nitrogens with one attached hydrogen (secondary N) is 5. The van der Waals surface area contributed by atoms with Crippen LogP contribution in [0.5, 0.6) is 0 Å². The van der Waals surface area contributed by atoms with Gasteiger partial charge in [-0.15, -0.1) is 0 Å². The Hall–Kier alpha value is -4.58. The monoisotopic (exact) mass is 890 g/mol. The number of fused-ring (bicyclic) bond motifs is 7. The predicted octanol–water partition coefficient (Wildman–Crippen LogP) is 2.87. The molecule has 1 spiro atoms. The lowest BCUT2D eigenvalue weighted by Gasteiger charge is -2.47. The molecule has 6 saturated heterocycles. The predicted molar refractivity (Wildman–Crippen MR) is 247 cm³/mol. The molecule has 1 saturated carbocycles. The first kappa shape index (κ1) is 43.0. The Labute approximate surface area is 382 Å². The van der Waals surface area contributed by atoms with Crippen LogP contribution in [0.3, 0.4) is 0 Å². The van der Waals surface area contributed by atoms with Crippen molar-refractivity contribution in [3.05, 3.63) is 65.7 Å². The summed E-state index contributed by atoms with van der Waals surface area (Å²) >= 11 is 0. The summed E-state index contributed by atoms with van der Waals surface area (Å²) in [5.41, 5.74) is 4.52. The van der Waals surface area contributed by atoms with Crippen LogP contribution in [0, 0.1) is 11.3 Å². The lowest BCUT2D eigenvalue weighted by atomic mass is 9.71. The number of hydrazine groups is 1. The first-order valence-electron chi connectivity index (χ1n) is 24.6. The summed E-state index contributed by atoms with van der Waals surface area (Å²) in [4.78, 5) is 60.9. The van der Waals surface area contributed by atoms with Crippen molar-refractivity contribution in [3.63, 3.8) is 0 Å². The van der Waals surface area contributed by atoms with Gasteiger partial charge in [0, 0.05) is 93.5 Å². The molecule has 7 atom stereocenters. The summed E-state index contributed by atoms with van der Waals surface area (Å²) in [5.74, 6) is -0.800. The molecule has 2 aromatic carbocycles. The second-order valence-corrected chi connectivity index (χ2v) is 20.8. The summed E-state index contributed by atoms with van der Waals surface area (Å²) in [5, 5.41) is 32.7. The molecule has 6 N–H and O–H groups in total. The van der Waals surface area contributed by atoms with Gasteiger partial charge in [-0.3, -0.25) is 50.4 Å². The van der Waals surface area contributed by atoms with Crippen molar-refractivity contribution in [1.82, 2.24) is 41.1 Å². The molecule has 1 aliphatic carbocycles. The number of anilines is 3. The van der Waals surface area contributed by atoms with E-state index in [1.54, 1.807) is 4.90 Å². The van der Waals surface area contributed by atoms with Crippen molar-refractivity contribution in [2.75, 3.05) is 67.5 Å². The minimum Gasteiger partial charge on any atom is -0.389 e. The van der Waals surface area contributed by atoms with Crippen LogP contribution >= 0.6 is 0 Å². The van der Waals surface area contributed by atoms with E-state index in [1.165, 1.54) is 37.8 Å². The zero-order valence-corrected chi connectivity index (χ0v) is 37.9. The molecule has 16 nitrogen and oxygen atoms in total. The number of hydrogen-bond acceptors (Lipinski definition) is 13. The summed E-state index contributed by atoms with van der Waals surface area (Å²) < 4.78 is 0. The van der Waals surface area contributed by atoms with E-state index >= 15 is 0 Å². The Morgan fingerprint density at radius 2 is 1.62 bits per heavy atom. The number of hydrogen-bond donors (Lipinski definition) is 6. The molecule has 11 rings (SSSR count). The molecule has 7 fully saturated rings. The number of aliphatic hydroxyl groups is 1. The maximum Gasteiger partial charge on any atom is 0.255 e. The van der Waals surface area contributed by atoms with E-state index < -0.39 is 11.6 Å². The second kappa shape index (κ2) is 17.3. The van der Waals surface area contributed by atoms with Crippen molar-refractivity contribution in [3.8, 4) is 0 Å². The van der Waals surface area contributed by atoms with E-state index in [0.29, 0.717) is 49.5 Å². The van der Waals surface area contributed by atoms with Gasteiger partial charge in [-0.1, -0.05) is 18.2 Å². The molecule has 0 aromatic heterocycles. The zero-order chi connectivity index (χ0) is 44.5. The quantitative estimate of drug-likeness (QED) is 0.185. The van der Waals surface area contributed by atoms with Crippen LogP contribution in [-0.4, -0.2) is 143 Å². The van der Waals surface area contributed by atoms with Gasteiger partial charge in [-0.05, 0) is 125 Å². The number of carbonyl (C=O) groups is 4. The summed E-state index contributed by atoms with van der Waals surface area (Å²) in [7, 11) is 0. The van der Waals surface area contributed by atoms with Gasteiger partial charge in [0.2, 0.25) is 17.7 Å². The van der Waals surface area contributed by atoms with Crippen molar-refractivity contribution in [2.24, 2.45) is 11.3 Å². The number of amides is 4. The maximum atomic E-state index is 13.8. The van der Waals surface area contributed by atoms with E-state index in [2.05, 4.69) is 94.8 Å². The number of carbonyl (C=O) groups excluding carboxylic acids is 4. The molecule has 4 amide bonds. The van der Waals surface area contributed by atoms with E-state index in [9.17, 15) is 24.3 Å². The van der Waals surface area contributed by atoms with Crippen molar-refractivity contribution < 1.29 is 24.3 Å². The molecule has 8 heterocycles. The third kappa shape index (κ3) is 8.22. The van der Waals surface area contributed by atoms with Crippen molar-refractivity contribution in [2.45, 2.75) is 133 Å². The number of benzene rings is 2. The second-order valence-electron chi connectivity index (χ2n) is 20.8. The number of allylic oxidation sites excluding steroid dienone is 1. The van der Waals surface area contributed by atoms with E-state index in [1.807, 2.05) is 18.0 Å². The molecular weight excluding hydrogens is 823 g/mol. The largest absolute Gasteiger partial charge is 0.389 e. The third-order valence-electron chi connectivity index (χ3n) is 16.8. The number of imide groups is 1. The first-order chi connectivity index (χ1) is 31.5. The van der Waals surface area contributed by atoms with E-state index in [4.69, 9.17) is 0 Å². The van der Waals surface area contributed by atoms with Gasteiger partial charge in [-0.2, -0.15) is 5.01 Å². The van der Waals surface area contributed by atoms with Crippen LogP contribution in [0.2, 0.25) is 0 Å². The van der Waals surface area contributed by atoms with Gasteiger partial charge in [0.1, 0.15) is 12.3 Å². The summed E-state index contributed by atoms with van der Waals surface area (Å²) in [6.45, 7) is 9.65. The van der Waals surface area contributed by atoms with Crippen LogP contribution in [0.1, 0.15) is 99.9 Å². The normalized spacial score (nSPS) is 36.3. The lowest BCUT2D eigenvalue weighted by Crippen LogP contribution is -2.69. The topological polar surface area (TPSA) is 168 Å². The first-order valence-corrected chi connectivity index (χ1v) is 24.6. The van der Waals surface area contributed by atoms with Gasteiger partial charge in [0.15, 0.2) is 0 Å². The van der Waals surface area contributed by atoms with Crippen LogP contribution < -0.4 is 36.4 Å². The molecule has 2 aromatic rings. The highest BCUT2D eigenvalue weighted by Crippen LogP contribution is 2.47. The Balaban J connectivity index is 0.652. The highest BCUT2D eigenvalue weighted by molar-refractivity contribution is 6.05. The standard InChI is InChI=1S/C49H67N11O5/c1-48(65)18-3-2-4-22-59-46(64)38-29-50-47(54-43(38)60(59)41-7-5-6-40(48)52-41)51-33-9-12-34(13-10-33)55-24-26-56(27-25-55)35-16-19-49(20-17-35)21-23-57(31-49)36-11-8-32-30-58(45(63)37(32)28-36)39-14-15-42(61)53-44(39)62/h2,4,8-13,28,35,38-41,43,47,50-52,54,65H,3,5-7,14-27,29-31H2,1H3,(H,53,61,62)/b4-2-/t35?,38?,39?,40?,41?,43?,47?,48-,49?/m1/s1. The van der Waals surface area contributed by atoms with E-state index in [-0.39, 0.29) is 60.6 Å². The van der Waals surface area contributed by atoms with Gasteiger partial charge >= 0.3 is 0 Å². The SMILES string of the molecule is C[C@@]1(O)CC/C=C\CN2C(=O)C3CNC(Nc4ccc(N5CCN(C6CCC7(CC6)CCN(c6ccc8c(c6)C(=O)N(C6CCC(=O)NC6=O)C8)C7)CC5)cc4)NC3N2C2CCCC1N2. The highest BCUT2D eigenvalue weighted by Gasteiger charge is 2.53. The maximum absolute atomic E-state index is 13.8. The minimum absolute atomic E-state index is 0.0184. The number of piperidine rings is 2. The molecule has 65 heavy (non-hydrogen) atoms. The molecular formula is C49H67N11O5. The third-order valence-corrected chi connectivity index (χ3v) is 16.8. The highest BCUT2D eigenvalue weighted by atomic mass is 16.3. The van der Waals surface area contributed by atoms with Gasteiger partial charge < -0.3 is 25.1 Å². The Morgan fingerprint density at radius 3 is 2.42 bits per heavy atom. The Bertz CT molecular complexity index is 2190. The van der Waals surface area contributed by atoms with Crippen LogP contribution in [0.4, 0.5) is 17.1 Å². The molecule has 9 aliphatic rings. The Morgan fingerprint density at radius 1 is 0.815 bits per heavy atom. The van der Waals surface area contributed by atoms with Crippen molar-refractivity contribution >= 4 is 40.7 Å². The van der Waals surface area contributed by atoms with Gasteiger partial charge in [0.05, 0.1) is 30.4 Å². The number of rotatable bonds is 6. The van der Waals surface area contributed by atoms with Crippen LogP contribution in [0.25, 0.3) is 0 Å². The molecule has 2 bridgehead atoms. The fourth-order valence-electron chi connectivity index (χ4n) is 12.9. The van der Waals surface area contributed by atoms with E-state index in [0.717, 1.165) is 81.9 Å². The average molecular weight is 890 g/mol.